The van der Waals surface area contributed by atoms with Gasteiger partial charge in [0.25, 0.3) is 0 Å². The Kier molecular flexibility index (Phi) is 5.15. The molecule has 120 valence electrons. The molecule has 21 heavy (non-hydrogen) atoms. The highest BCUT2D eigenvalue weighted by Gasteiger charge is 2.50. The molecule has 0 radical (unpaired) electrons. The second-order valence-electron chi connectivity index (χ2n) is 6.91. The van der Waals surface area contributed by atoms with Crippen LogP contribution in [-0.2, 0) is 9.59 Å². The van der Waals surface area contributed by atoms with Crippen LogP contribution >= 0.6 is 12.4 Å². The molecule has 0 heterocycles. The zero-order valence-corrected chi connectivity index (χ0v) is 13.4. The average molecular weight is 316 g/mol. The SMILES string of the molecule is CN(C(=O)CNC(=O)CN)C1C2CC3CC(C2)CC1C3.Cl. The second kappa shape index (κ2) is 6.53. The van der Waals surface area contributed by atoms with Crippen molar-refractivity contribution in [3.8, 4) is 0 Å². The zero-order valence-electron chi connectivity index (χ0n) is 12.6. The van der Waals surface area contributed by atoms with Gasteiger partial charge in [-0.15, -0.1) is 12.4 Å². The Labute approximate surface area is 132 Å². The van der Waals surface area contributed by atoms with Crippen molar-refractivity contribution in [2.45, 2.75) is 38.1 Å². The molecule has 6 heteroatoms. The molecule has 0 saturated heterocycles. The van der Waals surface area contributed by atoms with Crippen LogP contribution < -0.4 is 11.1 Å². The Morgan fingerprint density at radius 3 is 2.10 bits per heavy atom. The van der Waals surface area contributed by atoms with Gasteiger partial charge >= 0.3 is 0 Å². The van der Waals surface area contributed by atoms with Crippen molar-refractivity contribution < 1.29 is 9.59 Å². The Morgan fingerprint density at radius 2 is 1.62 bits per heavy atom. The molecule has 4 fully saturated rings. The first-order valence-corrected chi connectivity index (χ1v) is 7.81. The number of carbonyl (C=O) groups excluding carboxylic acids is 2. The van der Waals surface area contributed by atoms with Crippen molar-refractivity contribution in [1.29, 1.82) is 0 Å². The summed E-state index contributed by atoms with van der Waals surface area (Å²) in [5.74, 6) is 2.94. The molecule has 4 bridgehead atoms. The van der Waals surface area contributed by atoms with Gasteiger partial charge in [0, 0.05) is 13.1 Å². The first-order chi connectivity index (χ1) is 9.58. The number of nitrogens with two attached hydrogens (primary N) is 1. The van der Waals surface area contributed by atoms with Gasteiger partial charge in [-0.3, -0.25) is 9.59 Å². The quantitative estimate of drug-likeness (QED) is 0.804. The van der Waals surface area contributed by atoms with E-state index in [1.807, 2.05) is 11.9 Å². The third-order valence-corrected chi connectivity index (χ3v) is 5.64. The first-order valence-electron chi connectivity index (χ1n) is 7.81. The van der Waals surface area contributed by atoms with Crippen molar-refractivity contribution in [3.05, 3.63) is 0 Å². The normalized spacial score (nSPS) is 36.0. The van der Waals surface area contributed by atoms with Gasteiger partial charge in [0.15, 0.2) is 0 Å². The number of likely N-dealkylation sites (N-methyl/N-ethyl adjacent to an activating group) is 1. The van der Waals surface area contributed by atoms with E-state index < -0.39 is 0 Å². The lowest BCUT2D eigenvalue weighted by molar-refractivity contribution is -0.141. The number of nitrogens with zero attached hydrogens (tertiary/aromatic N) is 1. The summed E-state index contributed by atoms with van der Waals surface area (Å²) in [6.45, 7) is 0.0182. The van der Waals surface area contributed by atoms with Gasteiger partial charge in [0.05, 0.1) is 13.1 Å². The molecule has 0 aromatic rings. The summed E-state index contributed by atoms with van der Waals surface area (Å²) in [6, 6.07) is 0.394. The predicted octanol–water partition coefficient (Wildman–Crippen LogP) is 0.766. The van der Waals surface area contributed by atoms with Crippen molar-refractivity contribution >= 4 is 24.2 Å². The van der Waals surface area contributed by atoms with Crippen molar-refractivity contribution in [3.63, 3.8) is 0 Å². The molecule has 4 aliphatic carbocycles. The maximum atomic E-state index is 12.3. The lowest BCUT2D eigenvalue weighted by Gasteiger charge is -2.56. The van der Waals surface area contributed by atoms with Crippen molar-refractivity contribution in [1.82, 2.24) is 10.2 Å². The van der Waals surface area contributed by atoms with Gasteiger partial charge in [-0.25, -0.2) is 0 Å². The van der Waals surface area contributed by atoms with E-state index >= 15 is 0 Å². The Bertz CT molecular complexity index is 388. The minimum absolute atomic E-state index is 0. The van der Waals surface area contributed by atoms with Crippen LogP contribution in [0.5, 0.6) is 0 Å². The van der Waals surface area contributed by atoms with Gasteiger partial charge < -0.3 is 16.0 Å². The van der Waals surface area contributed by atoms with E-state index in [4.69, 9.17) is 5.73 Å². The summed E-state index contributed by atoms with van der Waals surface area (Å²) in [5, 5.41) is 2.58. The van der Waals surface area contributed by atoms with Gasteiger partial charge in [0.2, 0.25) is 11.8 Å². The predicted molar refractivity (Wildman–Crippen MR) is 82.9 cm³/mol. The van der Waals surface area contributed by atoms with Gasteiger partial charge in [-0.1, -0.05) is 0 Å². The van der Waals surface area contributed by atoms with Crippen LogP contribution in [0.15, 0.2) is 0 Å². The monoisotopic (exact) mass is 315 g/mol. The molecule has 4 saturated carbocycles. The minimum Gasteiger partial charge on any atom is -0.346 e. The number of hydrogen-bond acceptors (Lipinski definition) is 3. The van der Waals surface area contributed by atoms with Crippen LogP contribution in [0.1, 0.15) is 32.1 Å². The second-order valence-corrected chi connectivity index (χ2v) is 6.91. The number of halogens is 1. The number of hydrogen-bond donors (Lipinski definition) is 2. The molecule has 0 spiro atoms. The molecular formula is C15H26ClN3O2. The molecule has 3 N–H and O–H groups in total. The molecule has 0 aromatic heterocycles. The van der Waals surface area contributed by atoms with E-state index in [2.05, 4.69) is 5.32 Å². The fourth-order valence-electron chi connectivity index (χ4n) is 5.07. The van der Waals surface area contributed by atoms with Gasteiger partial charge in [-0.05, 0) is 55.8 Å². The maximum absolute atomic E-state index is 12.3. The van der Waals surface area contributed by atoms with E-state index in [9.17, 15) is 9.59 Å². The van der Waals surface area contributed by atoms with Crippen molar-refractivity contribution in [2.24, 2.45) is 29.4 Å². The molecule has 4 aliphatic rings. The molecule has 0 aromatic carbocycles. The number of rotatable bonds is 4. The van der Waals surface area contributed by atoms with Crippen LogP contribution in [0, 0.1) is 23.7 Å². The van der Waals surface area contributed by atoms with Crippen molar-refractivity contribution in [2.75, 3.05) is 20.1 Å². The maximum Gasteiger partial charge on any atom is 0.241 e. The van der Waals surface area contributed by atoms with Gasteiger partial charge in [-0.2, -0.15) is 0 Å². The third-order valence-electron chi connectivity index (χ3n) is 5.64. The van der Waals surface area contributed by atoms with Crippen LogP contribution in [0.2, 0.25) is 0 Å². The van der Waals surface area contributed by atoms with E-state index in [1.54, 1.807) is 0 Å². The summed E-state index contributed by atoms with van der Waals surface area (Å²) < 4.78 is 0. The zero-order chi connectivity index (χ0) is 14.3. The van der Waals surface area contributed by atoms with Crippen LogP contribution in [0.25, 0.3) is 0 Å². The van der Waals surface area contributed by atoms with E-state index in [-0.39, 0.29) is 37.3 Å². The summed E-state index contributed by atoms with van der Waals surface area (Å²) in [7, 11) is 1.91. The first kappa shape index (κ1) is 16.6. The topological polar surface area (TPSA) is 75.4 Å². The summed E-state index contributed by atoms with van der Waals surface area (Å²) in [4.78, 5) is 25.3. The molecule has 5 nitrogen and oxygen atoms in total. The molecule has 0 atom stereocenters. The molecule has 2 amide bonds. The number of carbonyl (C=O) groups is 2. The summed E-state index contributed by atoms with van der Waals surface area (Å²) in [6.07, 6.45) is 6.60. The third kappa shape index (κ3) is 3.19. The van der Waals surface area contributed by atoms with Gasteiger partial charge in [0.1, 0.15) is 0 Å². The largest absolute Gasteiger partial charge is 0.346 e. The lowest BCUT2D eigenvalue weighted by Crippen LogP contribution is -2.57. The average Bonchev–Trinajstić information content (AvgIpc) is 2.42. The minimum atomic E-state index is -0.267. The number of amides is 2. The lowest BCUT2D eigenvalue weighted by atomic mass is 9.54. The fraction of sp³-hybridized carbons (Fsp3) is 0.867. The Morgan fingerprint density at radius 1 is 1.10 bits per heavy atom. The highest BCUT2D eigenvalue weighted by atomic mass is 35.5. The summed E-state index contributed by atoms with van der Waals surface area (Å²) in [5.41, 5.74) is 5.24. The fourth-order valence-corrected chi connectivity index (χ4v) is 5.07. The Hall–Kier alpha value is -0.810. The van der Waals surface area contributed by atoms with Crippen LogP contribution in [0.3, 0.4) is 0 Å². The summed E-state index contributed by atoms with van der Waals surface area (Å²) >= 11 is 0. The molecule has 4 rings (SSSR count). The highest BCUT2D eigenvalue weighted by molar-refractivity contribution is 5.85. The van der Waals surface area contributed by atoms with Crippen LogP contribution in [0.4, 0.5) is 0 Å². The van der Waals surface area contributed by atoms with Crippen LogP contribution in [-0.4, -0.2) is 42.9 Å². The molecule has 0 unspecified atom stereocenters. The molecule has 0 aliphatic heterocycles. The Balaban J connectivity index is 0.00000161. The standard InChI is InChI=1S/C15H25N3O2.ClH/c1-18(14(20)8-17-13(19)7-16)15-11-3-9-2-10(5-11)6-12(15)4-9;/h9-12,15H,2-8,16H2,1H3,(H,17,19);1H. The highest BCUT2D eigenvalue weighted by Crippen LogP contribution is 2.54. The molecular weight excluding hydrogens is 290 g/mol. The number of nitrogens with one attached hydrogen (secondary N) is 1. The van der Waals surface area contributed by atoms with E-state index in [0.29, 0.717) is 17.9 Å². The van der Waals surface area contributed by atoms with E-state index in [0.717, 1.165) is 11.8 Å². The van der Waals surface area contributed by atoms with E-state index in [1.165, 1.54) is 32.1 Å². The smallest absolute Gasteiger partial charge is 0.241 e.